The van der Waals surface area contributed by atoms with Crippen LogP contribution in [0.15, 0.2) is 0 Å². The number of methoxy groups -OCH3 is 1. The van der Waals surface area contributed by atoms with E-state index in [1.807, 2.05) is 6.92 Å². The Bertz CT molecular complexity index is 219. The number of nitrogens with one attached hydrogen (secondary N) is 1. The predicted octanol–water partition coefficient (Wildman–Crippen LogP) is 1.80. The summed E-state index contributed by atoms with van der Waals surface area (Å²) in [5, 5.41) is 2.96. The second-order valence-corrected chi connectivity index (χ2v) is 6.84. The second kappa shape index (κ2) is 6.11. The van der Waals surface area contributed by atoms with E-state index >= 15 is 0 Å². The fraction of sp³-hybridized carbons (Fsp3) is 0.900. The summed E-state index contributed by atoms with van der Waals surface area (Å²) in [5.74, 6) is 1.25. The van der Waals surface area contributed by atoms with Crippen molar-refractivity contribution in [2.75, 3.05) is 26.0 Å². The lowest BCUT2D eigenvalue weighted by molar-refractivity contribution is -0.123. The lowest BCUT2D eigenvalue weighted by atomic mass is 10.1. The Balaban J connectivity index is 2.29. The van der Waals surface area contributed by atoms with E-state index in [4.69, 9.17) is 4.74 Å². The van der Waals surface area contributed by atoms with Crippen LogP contribution in [0.5, 0.6) is 0 Å². The molecule has 1 rings (SSSR count). The third-order valence-electron chi connectivity index (χ3n) is 2.53. The van der Waals surface area contributed by atoms with Crippen LogP contribution in [0.3, 0.4) is 0 Å². The molecule has 1 aliphatic rings. The lowest BCUT2D eigenvalue weighted by Crippen LogP contribution is -2.43. The molecule has 0 aromatic heterocycles. The van der Waals surface area contributed by atoms with Crippen LogP contribution >= 0.6 is 27.7 Å². The molecule has 15 heavy (non-hydrogen) atoms. The number of hydrogen-bond donors (Lipinski definition) is 1. The molecule has 1 saturated heterocycles. The summed E-state index contributed by atoms with van der Waals surface area (Å²) in [7, 11) is 1.66. The molecule has 2 unspecified atom stereocenters. The minimum atomic E-state index is -0.209. The predicted molar refractivity (Wildman–Crippen MR) is 67.7 cm³/mol. The highest BCUT2D eigenvalue weighted by molar-refractivity contribution is 9.09. The van der Waals surface area contributed by atoms with E-state index in [9.17, 15) is 4.79 Å². The van der Waals surface area contributed by atoms with Gasteiger partial charge in [-0.25, -0.2) is 0 Å². The van der Waals surface area contributed by atoms with Crippen molar-refractivity contribution >= 4 is 33.6 Å². The van der Waals surface area contributed by atoms with Gasteiger partial charge in [0.15, 0.2) is 0 Å². The van der Waals surface area contributed by atoms with Crippen molar-refractivity contribution in [2.45, 2.75) is 29.3 Å². The van der Waals surface area contributed by atoms with Crippen LogP contribution in [-0.2, 0) is 9.53 Å². The smallest absolute Gasteiger partial charge is 0.235 e. The zero-order valence-corrected chi connectivity index (χ0v) is 11.6. The van der Waals surface area contributed by atoms with Gasteiger partial charge in [-0.15, -0.1) is 11.8 Å². The molecule has 88 valence electrons. The quantitative estimate of drug-likeness (QED) is 0.786. The molecule has 0 aromatic rings. The van der Waals surface area contributed by atoms with Crippen LogP contribution < -0.4 is 5.32 Å². The van der Waals surface area contributed by atoms with E-state index in [1.54, 1.807) is 18.9 Å². The maximum Gasteiger partial charge on any atom is 0.235 e. The van der Waals surface area contributed by atoms with Crippen LogP contribution in [0, 0.1) is 0 Å². The highest BCUT2D eigenvalue weighted by Crippen LogP contribution is 2.37. The van der Waals surface area contributed by atoms with Gasteiger partial charge in [0.1, 0.15) is 0 Å². The molecule has 3 nitrogen and oxygen atoms in total. The number of ether oxygens (including phenoxy) is 1. The number of hydrogen-bond acceptors (Lipinski definition) is 3. The largest absolute Gasteiger partial charge is 0.383 e. The molecule has 0 aliphatic carbocycles. The summed E-state index contributed by atoms with van der Waals surface area (Å²) in [5.41, 5.74) is 0. The molecule has 5 heteroatoms. The molecule has 0 spiro atoms. The molecule has 1 N–H and O–H groups in total. The van der Waals surface area contributed by atoms with E-state index in [0.29, 0.717) is 13.2 Å². The average molecular weight is 296 g/mol. The first-order chi connectivity index (χ1) is 7.08. The fourth-order valence-electron chi connectivity index (χ4n) is 1.59. The van der Waals surface area contributed by atoms with E-state index in [1.165, 1.54) is 0 Å². The maximum atomic E-state index is 11.9. The number of halogens is 1. The van der Waals surface area contributed by atoms with Gasteiger partial charge in [-0.2, -0.15) is 0 Å². The van der Waals surface area contributed by atoms with Crippen LogP contribution in [-0.4, -0.2) is 41.5 Å². The third-order valence-corrected chi connectivity index (χ3v) is 4.64. The first-order valence-corrected chi connectivity index (χ1v) is 7.04. The highest BCUT2D eigenvalue weighted by Gasteiger charge is 2.36. The number of carbonyl (C=O) groups is 1. The van der Waals surface area contributed by atoms with Gasteiger partial charge in [0.2, 0.25) is 5.91 Å². The van der Waals surface area contributed by atoms with Gasteiger partial charge in [0.25, 0.3) is 0 Å². The van der Waals surface area contributed by atoms with E-state index in [2.05, 4.69) is 21.2 Å². The molecule has 0 radical (unpaired) electrons. The van der Waals surface area contributed by atoms with Crippen LogP contribution in [0.25, 0.3) is 0 Å². The Labute approximate surface area is 104 Å². The van der Waals surface area contributed by atoms with Crippen LogP contribution in [0.2, 0.25) is 0 Å². The molecule has 1 fully saturated rings. The number of alkyl halides is 1. The summed E-state index contributed by atoms with van der Waals surface area (Å²) >= 11 is 5.21. The monoisotopic (exact) mass is 295 g/mol. The first kappa shape index (κ1) is 13.3. The molecular weight excluding hydrogens is 278 g/mol. The van der Waals surface area contributed by atoms with Gasteiger partial charge in [0, 0.05) is 13.7 Å². The minimum Gasteiger partial charge on any atom is -0.383 e. The second-order valence-electron chi connectivity index (χ2n) is 3.95. The third kappa shape index (κ3) is 3.96. The molecule has 1 aliphatic heterocycles. The molecule has 1 amide bonds. The molecule has 1 heterocycles. The van der Waals surface area contributed by atoms with Gasteiger partial charge in [-0.3, -0.25) is 4.79 Å². The van der Waals surface area contributed by atoms with Crippen molar-refractivity contribution in [2.24, 2.45) is 0 Å². The summed E-state index contributed by atoms with van der Waals surface area (Å²) in [6, 6.07) is 0. The van der Waals surface area contributed by atoms with Gasteiger partial charge in [0.05, 0.1) is 16.2 Å². The molecule has 0 bridgehead atoms. The maximum absolute atomic E-state index is 11.9. The zero-order valence-electron chi connectivity index (χ0n) is 9.22. The van der Waals surface area contributed by atoms with Crippen LogP contribution in [0.4, 0.5) is 0 Å². The van der Waals surface area contributed by atoms with Crippen molar-refractivity contribution in [1.29, 1.82) is 0 Å². The Hall–Kier alpha value is 0.260. The van der Waals surface area contributed by atoms with Crippen LogP contribution in [0.1, 0.15) is 19.8 Å². The average Bonchev–Trinajstić information content (AvgIpc) is 2.63. The summed E-state index contributed by atoms with van der Waals surface area (Å²) in [6.45, 7) is 3.27. The lowest BCUT2D eigenvalue weighted by Gasteiger charge is -2.22. The Morgan fingerprint density at radius 2 is 2.47 bits per heavy atom. The van der Waals surface area contributed by atoms with E-state index in [-0.39, 0.29) is 15.5 Å². The van der Waals surface area contributed by atoms with E-state index in [0.717, 1.165) is 18.6 Å². The molecular formula is C10H18BrNO2S. The fourth-order valence-corrected chi connectivity index (χ4v) is 3.25. The molecule has 0 aromatic carbocycles. The topological polar surface area (TPSA) is 38.3 Å². The zero-order chi connectivity index (χ0) is 11.3. The Morgan fingerprint density at radius 1 is 1.73 bits per heavy atom. The highest BCUT2D eigenvalue weighted by atomic mass is 79.9. The Kier molecular flexibility index (Phi) is 5.43. The van der Waals surface area contributed by atoms with E-state index < -0.39 is 0 Å². The molecule has 2 atom stereocenters. The number of amides is 1. The van der Waals surface area contributed by atoms with Gasteiger partial charge < -0.3 is 10.1 Å². The summed E-state index contributed by atoms with van der Waals surface area (Å²) in [4.78, 5) is 12.1. The standard InChI is InChI=1S/C10H18BrNO2S/c1-10(4-3-5-15-10)9(13)12-6-8(11)7-14-2/h8H,3-7H2,1-2H3,(H,12,13). The van der Waals surface area contributed by atoms with Crippen molar-refractivity contribution < 1.29 is 9.53 Å². The number of carbonyl (C=O) groups excluding carboxylic acids is 1. The summed E-state index contributed by atoms with van der Waals surface area (Å²) < 4.78 is 4.77. The normalized spacial score (nSPS) is 27.7. The Morgan fingerprint density at radius 3 is 3.00 bits per heavy atom. The van der Waals surface area contributed by atoms with Crippen molar-refractivity contribution in [3.8, 4) is 0 Å². The van der Waals surface area contributed by atoms with Crippen molar-refractivity contribution in [1.82, 2.24) is 5.32 Å². The minimum absolute atomic E-state index is 0.158. The van der Waals surface area contributed by atoms with Gasteiger partial charge >= 0.3 is 0 Å². The van der Waals surface area contributed by atoms with Crippen molar-refractivity contribution in [3.05, 3.63) is 0 Å². The van der Waals surface area contributed by atoms with Gasteiger partial charge in [-0.05, 0) is 25.5 Å². The first-order valence-electron chi connectivity index (χ1n) is 5.14. The number of thioether (sulfide) groups is 1. The molecule has 0 saturated carbocycles. The van der Waals surface area contributed by atoms with Crippen molar-refractivity contribution in [3.63, 3.8) is 0 Å². The van der Waals surface area contributed by atoms with Gasteiger partial charge in [-0.1, -0.05) is 15.9 Å². The summed E-state index contributed by atoms with van der Waals surface area (Å²) in [6.07, 6.45) is 2.13. The SMILES string of the molecule is COCC(Br)CNC(=O)C1(C)CCCS1. The number of rotatable bonds is 5.